The van der Waals surface area contributed by atoms with Gasteiger partial charge in [0.15, 0.2) is 0 Å². The van der Waals surface area contributed by atoms with Gasteiger partial charge in [0, 0.05) is 16.5 Å². The molecule has 0 bridgehead atoms. The first-order valence-electron chi connectivity index (χ1n) is 7.05. The van der Waals surface area contributed by atoms with Crippen LogP contribution in [0.5, 0.6) is 0 Å². The molecule has 24 heavy (non-hydrogen) atoms. The van der Waals surface area contributed by atoms with E-state index >= 15 is 0 Å². The van der Waals surface area contributed by atoms with E-state index in [1.165, 1.54) is 12.1 Å². The SMILES string of the molecule is NC(=O)[C@@H](Cc1ccc(C(=O)O)cc1)NC(=O)c1cccc(Br)c1. The van der Waals surface area contributed by atoms with Crippen LogP contribution in [0.2, 0.25) is 0 Å². The van der Waals surface area contributed by atoms with Crippen LogP contribution in [0, 0.1) is 0 Å². The Kier molecular flexibility index (Phi) is 5.70. The van der Waals surface area contributed by atoms with Crippen molar-refractivity contribution in [2.75, 3.05) is 0 Å². The summed E-state index contributed by atoms with van der Waals surface area (Å²) in [6.45, 7) is 0. The van der Waals surface area contributed by atoms with Crippen molar-refractivity contribution in [3.8, 4) is 0 Å². The van der Waals surface area contributed by atoms with Gasteiger partial charge in [0.25, 0.3) is 5.91 Å². The van der Waals surface area contributed by atoms with Crippen LogP contribution in [0.15, 0.2) is 53.0 Å². The zero-order valence-corrected chi connectivity index (χ0v) is 14.1. The molecule has 0 saturated heterocycles. The molecule has 0 spiro atoms. The van der Waals surface area contributed by atoms with Crippen molar-refractivity contribution in [2.45, 2.75) is 12.5 Å². The lowest BCUT2D eigenvalue weighted by Crippen LogP contribution is -2.45. The minimum absolute atomic E-state index is 0.146. The Morgan fingerprint density at radius 3 is 2.29 bits per heavy atom. The Hall–Kier alpha value is -2.67. The maximum absolute atomic E-state index is 12.2. The van der Waals surface area contributed by atoms with Gasteiger partial charge < -0.3 is 16.2 Å². The van der Waals surface area contributed by atoms with E-state index in [0.717, 1.165) is 4.47 Å². The highest BCUT2D eigenvalue weighted by atomic mass is 79.9. The third kappa shape index (κ3) is 4.66. The molecule has 0 saturated carbocycles. The van der Waals surface area contributed by atoms with Crippen LogP contribution >= 0.6 is 15.9 Å². The topological polar surface area (TPSA) is 109 Å². The summed E-state index contributed by atoms with van der Waals surface area (Å²) in [7, 11) is 0. The van der Waals surface area contributed by atoms with E-state index in [4.69, 9.17) is 10.8 Å². The smallest absolute Gasteiger partial charge is 0.335 e. The molecule has 0 aliphatic rings. The highest BCUT2D eigenvalue weighted by Crippen LogP contribution is 2.12. The minimum Gasteiger partial charge on any atom is -0.478 e. The highest BCUT2D eigenvalue weighted by molar-refractivity contribution is 9.10. The number of amides is 2. The maximum Gasteiger partial charge on any atom is 0.335 e. The number of carboxylic acids is 1. The molecule has 2 rings (SSSR count). The Bertz CT molecular complexity index is 774. The summed E-state index contributed by atoms with van der Waals surface area (Å²) in [5.74, 6) is -2.11. The minimum atomic E-state index is -1.03. The lowest BCUT2D eigenvalue weighted by atomic mass is 10.0. The average Bonchev–Trinajstić information content (AvgIpc) is 2.54. The second-order valence-electron chi connectivity index (χ2n) is 5.14. The van der Waals surface area contributed by atoms with Crippen LogP contribution in [-0.2, 0) is 11.2 Å². The molecule has 6 nitrogen and oxygen atoms in total. The third-order valence-electron chi connectivity index (χ3n) is 3.38. The number of rotatable bonds is 6. The van der Waals surface area contributed by atoms with Crippen LogP contribution < -0.4 is 11.1 Å². The number of benzene rings is 2. The first-order valence-corrected chi connectivity index (χ1v) is 7.84. The predicted molar refractivity (Wildman–Crippen MR) is 91.7 cm³/mol. The molecule has 2 aromatic carbocycles. The van der Waals surface area contributed by atoms with Gasteiger partial charge in [0.1, 0.15) is 6.04 Å². The van der Waals surface area contributed by atoms with Crippen molar-refractivity contribution in [1.82, 2.24) is 5.32 Å². The van der Waals surface area contributed by atoms with Gasteiger partial charge in [-0.05, 0) is 35.9 Å². The molecule has 0 heterocycles. The molecule has 0 fully saturated rings. The van der Waals surface area contributed by atoms with Gasteiger partial charge in [0.05, 0.1) is 5.56 Å². The number of carbonyl (C=O) groups excluding carboxylic acids is 2. The summed E-state index contributed by atoms with van der Waals surface area (Å²) >= 11 is 3.28. The van der Waals surface area contributed by atoms with Crippen LogP contribution in [0.25, 0.3) is 0 Å². The molecule has 2 amide bonds. The quantitative estimate of drug-likeness (QED) is 0.700. The number of halogens is 1. The molecule has 124 valence electrons. The fourth-order valence-corrected chi connectivity index (χ4v) is 2.51. The molecular weight excluding hydrogens is 376 g/mol. The fraction of sp³-hybridized carbons (Fsp3) is 0.118. The molecule has 0 aliphatic heterocycles. The van der Waals surface area contributed by atoms with Crippen molar-refractivity contribution in [3.05, 3.63) is 69.7 Å². The van der Waals surface area contributed by atoms with Crippen molar-refractivity contribution in [3.63, 3.8) is 0 Å². The monoisotopic (exact) mass is 390 g/mol. The number of carboxylic acid groups (broad SMARTS) is 1. The number of nitrogens with one attached hydrogen (secondary N) is 1. The zero-order chi connectivity index (χ0) is 17.7. The summed E-state index contributed by atoms with van der Waals surface area (Å²) in [4.78, 5) is 34.7. The molecule has 0 aromatic heterocycles. The van der Waals surface area contributed by atoms with E-state index in [1.54, 1.807) is 36.4 Å². The van der Waals surface area contributed by atoms with Crippen molar-refractivity contribution < 1.29 is 19.5 Å². The average molecular weight is 391 g/mol. The molecule has 7 heteroatoms. The maximum atomic E-state index is 12.2. The number of aromatic carboxylic acids is 1. The van der Waals surface area contributed by atoms with E-state index in [-0.39, 0.29) is 12.0 Å². The molecule has 0 radical (unpaired) electrons. The molecule has 0 unspecified atom stereocenters. The summed E-state index contributed by atoms with van der Waals surface area (Å²) in [5, 5.41) is 11.5. The van der Waals surface area contributed by atoms with Crippen LogP contribution in [0.1, 0.15) is 26.3 Å². The van der Waals surface area contributed by atoms with E-state index in [9.17, 15) is 14.4 Å². The normalized spacial score (nSPS) is 11.5. The lowest BCUT2D eigenvalue weighted by Gasteiger charge is -2.16. The molecule has 4 N–H and O–H groups in total. The highest BCUT2D eigenvalue weighted by Gasteiger charge is 2.19. The largest absolute Gasteiger partial charge is 0.478 e. The second-order valence-corrected chi connectivity index (χ2v) is 6.06. The predicted octanol–water partition coefficient (Wildman–Crippen LogP) is 1.97. The number of nitrogens with two attached hydrogens (primary N) is 1. The van der Waals surface area contributed by atoms with E-state index in [0.29, 0.717) is 11.1 Å². The number of carbonyl (C=O) groups is 3. The van der Waals surface area contributed by atoms with Crippen molar-refractivity contribution >= 4 is 33.7 Å². The first-order chi connectivity index (χ1) is 11.4. The Labute approximate surface area is 146 Å². The summed E-state index contributed by atoms with van der Waals surface area (Å²) in [6.07, 6.45) is 0.176. The van der Waals surface area contributed by atoms with Gasteiger partial charge in [-0.25, -0.2) is 4.79 Å². The molecule has 0 aliphatic carbocycles. The van der Waals surface area contributed by atoms with Gasteiger partial charge in [-0.2, -0.15) is 0 Å². The Morgan fingerprint density at radius 2 is 1.75 bits per heavy atom. The zero-order valence-electron chi connectivity index (χ0n) is 12.5. The number of hydrogen-bond donors (Lipinski definition) is 3. The van der Waals surface area contributed by atoms with Gasteiger partial charge in [-0.3, -0.25) is 9.59 Å². The number of hydrogen-bond acceptors (Lipinski definition) is 3. The van der Waals surface area contributed by atoms with E-state index in [2.05, 4.69) is 21.2 Å². The van der Waals surface area contributed by atoms with Gasteiger partial charge in [0.2, 0.25) is 5.91 Å². The number of primary amides is 1. The van der Waals surface area contributed by atoms with Crippen LogP contribution in [0.4, 0.5) is 0 Å². The van der Waals surface area contributed by atoms with Crippen LogP contribution in [-0.4, -0.2) is 28.9 Å². The second kappa shape index (κ2) is 7.74. The fourth-order valence-electron chi connectivity index (χ4n) is 2.11. The molecule has 1 atom stereocenters. The summed E-state index contributed by atoms with van der Waals surface area (Å²) in [5.41, 5.74) is 6.60. The van der Waals surface area contributed by atoms with Crippen molar-refractivity contribution in [2.24, 2.45) is 5.73 Å². The Morgan fingerprint density at radius 1 is 1.08 bits per heavy atom. The molecule has 2 aromatic rings. The van der Waals surface area contributed by atoms with E-state index < -0.39 is 23.8 Å². The van der Waals surface area contributed by atoms with Crippen molar-refractivity contribution in [1.29, 1.82) is 0 Å². The van der Waals surface area contributed by atoms with Crippen LogP contribution in [0.3, 0.4) is 0 Å². The lowest BCUT2D eigenvalue weighted by molar-refractivity contribution is -0.119. The summed E-state index contributed by atoms with van der Waals surface area (Å²) in [6, 6.07) is 11.9. The first kappa shape index (κ1) is 17.7. The van der Waals surface area contributed by atoms with Gasteiger partial charge >= 0.3 is 5.97 Å². The summed E-state index contributed by atoms with van der Waals surface area (Å²) < 4.78 is 0.745. The standard InChI is InChI=1S/C17H15BrN2O4/c18-13-3-1-2-12(9-13)16(22)20-14(15(19)21)8-10-4-6-11(7-5-10)17(23)24/h1-7,9,14H,8H2,(H2,19,21)(H,20,22)(H,23,24)/t14-/m1/s1. The van der Waals surface area contributed by atoms with E-state index in [1.807, 2.05) is 0 Å². The Balaban J connectivity index is 2.10. The van der Waals surface area contributed by atoms with Gasteiger partial charge in [-0.15, -0.1) is 0 Å². The molecular formula is C17H15BrN2O4. The third-order valence-corrected chi connectivity index (χ3v) is 3.87. The van der Waals surface area contributed by atoms with Gasteiger partial charge in [-0.1, -0.05) is 34.1 Å².